The Morgan fingerprint density at radius 3 is 2.34 bits per heavy atom. The lowest BCUT2D eigenvalue weighted by Crippen LogP contribution is -2.24. The van der Waals surface area contributed by atoms with Crippen molar-refractivity contribution in [1.29, 1.82) is 0 Å². The minimum atomic E-state index is -3.76. The third kappa shape index (κ3) is 4.86. The van der Waals surface area contributed by atoms with Crippen LogP contribution in [0.25, 0.3) is 0 Å². The number of anilines is 2. The topological polar surface area (TPSA) is 109 Å². The lowest BCUT2D eigenvalue weighted by atomic mass is 10.1. The van der Waals surface area contributed by atoms with Crippen LogP contribution >= 0.6 is 11.3 Å². The van der Waals surface area contributed by atoms with Crippen molar-refractivity contribution >= 4 is 43.8 Å². The molecule has 0 saturated carbocycles. The summed E-state index contributed by atoms with van der Waals surface area (Å²) in [6.07, 6.45) is 0.304. The van der Waals surface area contributed by atoms with Crippen molar-refractivity contribution < 1.29 is 18.0 Å². The van der Waals surface area contributed by atoms with Gasteiger partial charge in [-0.25, -0.2) is 8.42 Å². The summed E-state index contributed by atoms with van der Waals surface area (Å²) < 4.78 is 24.9. The highest BCUT2D eigenvalue weighted by atomic mass is 32.2. The minimum Gasteiger partial charge on any atom is -0.312 e. The molecule has 1 aliphatic rings. The zero-order valence-electron chi connectivity index (χ0n) is 17.6. The van der Waals surface area contributed by atoms with Crippen LogP contribution in [-0.4, -0.2) is 42.7 Å². The zero-order chi connectivity index (χ0) is 22.9. The number of carbonyl (C=O) groups is 2. The summed E-state index contributed by atoms with van der Waals surface area (Å²) in [7, 11) is -3.76. The van der Waals surface area contributed by atoms with Gasteiger partial charge in [0.2, 0.25) is 16.9 Å². The minimum absolute atomic E-state index is 0.00355. The van der Waals surface area contributed by atoms with Gasteiger partial charge in [-0.15, -0.1) is 10.2 Å². The van der Waals surface area contributed by atoms with Crippen molar-refractivity contribution in [3.63, 3.8) is 0 Å². The number of amides is 2. The third-order valence-electron chi connectivity index (χ3n) is 5.21. The van der Waals surface area contributed by atoms with Gasteiger partial charge >= 0.3 is 0 Å². The molecule has 166 valence electrons. The van der Waals surface area contributed by atoms with E-state index in [1.54, 1.807) is 17.0 Å². The number of nitrogens with one attached hydrogen (secondary N) is 1. The summed E-state index contributed by atoms with van der Waals surface area (Å²) in [4.78, 5) is 26.6. The second kappa shape index (κ2) is 8.79. The number of nitrogens with zero attached hydrogens (tertiary/aromatic N) is 3. The molecule has 2 amide bonds. The molecule has 0 bridgehead atoms. The fourth-order valence-corrected chi connectivity index (χ4v) is 5.44. The van der Waals surface area contributed by atoms with Gasteiger partial charge in [-0.05, 0) is 38.1 Å². The average molecular weight is 471 g/mol. The molecule has 2 aromatic carbocycles. The lowest BCUT2D eigenvalue weighted by Gasteiger charge is -2.16. The van der Waals surface area contributed by atoms with Crippen LogP contribution in [0.3, 0.4) is 0 Å². The maximum atomic E-state index is 12.5. The lowest BCUT2D eigenvalue weighted by molar-refractivity contribution is -0.117. The summed E-state index contributed by atoms with van der Waals surface area (Å²) in [6, 6.07) is 14.1. The van der Waals surface area contributed by atoms with Gasteiger partial charge in [0.25, 0.3) is 0 Å². The number of rotatable bonds is 6. The van der Waals surface area contributed by atoms with E-state index in [4.69, 9.17) is 0 Å². The molecule has 0 aliphatic carbocycles. The Bertz CT molecular complexity index is 1250. The van der Waals surface area contributed by atoms with Crippen molar-refractivity contribution in [1.82, 2.24) is 10.2 Å². The molecule has 0 radical (unpaired) electrons. The van der Waals surface area contributed by atoms with E-state index in [1.807, 2.05) is 38.1 Å². The van der Waals surface area contributed by atoms with Crippen LogP contribution < -0.4 is 10.2 Å². The molecule has 1 N–H and O–H groups in total. The molecule has 1 fully saturated rings. The van der Waals surface area contributed by atoms with E-state index >= 15 is 0 Å². The van der Waals surface area contributed by atoms with Crippen molar-refractivity contribution in [3.05, 3.63) is 64.7 Å². The highest BCUT2D eigenvalue weighted by molar-refractivity contribution is 7.92. The van der Waals surface area contributed by atoms with E-state index in [2.05, 4.69) is 15.5 Å². The Morgan fingerprint density at radius 2 is 1.69 bits per heavy atom. The summed E-state index contributed by atoms with van der Waals surface area (Å²) >= 11 is 1.16. The monoisotopic (exact) mass is 470 g/mol. The first kappa shape index (κ1) is 22.1. The predicted octanol–water partition coefficient (Wildman–Crippen LogP) is 3.09. The number of hydrogen-bond donors (Lipinski definition) is 1. The molecule has 0 unspecified atom stereocenters. The SMILES string of the molecule is Cc1ccc(N2C[C@H](c3nnc(NC(=O)CS(=O)(=O)c4ccc(C)cc4)s3)CC2=O)cc1. The normalized spacial score (nSPS) is 16.4. The maximum Gasteiger partial charge on any atom is 0.241 e. The molecular formula is C22H22N4O4S2. The quantitative estimate of drug-likeness (QED) is 0.593. The summed E-state index contributed by atoms with van der Waals surface area (Å²) in [5.74, 6) is -1.50. The van der Waals surface area contributed by atoms with Gasteiger partial charge in [-0.1, -0.05) is 46.7 Å². The van der Waals surface area contributed by atoms with E-state index in [1.165, 1.54) is 12.1 Å². The molecular weight excluding hydrogens is 448 g/mol. The molecule has 2 heterocycles. The number of carbonyl (C=O) groups excluding carboxylic acids is 2. The van der Waals surface area contributed by atoms with Crippen LogP contribution in [0.1, 0.15) is 28.5 Å². The maximum absolute atomic E-state index is 12.5. The molecule has 3 aromatic rings. The smallest absolute Gasteiger partial charge is 0.241 e. The predicted molar refractivity (Wildman–Crippen MR) is 123 cm³/mol. The Morgan fingerprint density at radius 1 is 1.06 bits per heavy atom. The number of sulfone groups is 1. The highest BCUT2D eigenvalue weighted by Gasteiger charge is 2.34. The second-order valence-corrected chi connectivity index (χ2v) is 10.8. The first-order valence-corrected chi connectivity index (χ1v) is 12.5. The molecule has 1 atom stereocenters. The van der Waals surface area contributed by atoms with Gasteiger partial charge in [-0.2, -0.15) is 0 Å². The van der Waals surface area contributed by atoms with Crippen molar-refractivity contribution in [3.8, 4) is 0 Å². The summed E-state index contributed by atoms with van der Waals surface area (Å²) in [5.41, 5.74) is 2.88. The van der Waals surface area contributed by atoms with E-state index in [0.717, 1.165) is 28.2 Å². The van der Waals surface area contributed by atoms with Gasteiger partial charge in [0.05, 0.1) is 4.90 Å². The van der Waals surface area contributed by atoms with Crippen molar-refractivity contribution in [2.75, 3.05) is 22.5 Å². The number of aromatic nitrogens is 2. The first-order chi connectivity index (χ1) is 15.2. The summed E-state index contributed by atoms with van der Waals surface area (Å²) in [6.45, 7) is 4.32. The van der Waals surface area contributed by atoms with Crippen molar-refractivity contribution in [2.45, 2.75) is 31.1 Å². The number of benzene rings is 2. The molecule has 1 saturated heterocycles. The van der Waals surface area contributed by atoms with Gasteiger partial charge in [0.15, 0.2) is 9.84 Å². The van der Waals surface area contributed by atoms with Gasteiger partial charge in [0.1, 0.15) is 10.8 Å². The fraction of sp³-hybridized carbons (Fsp3) is 0.273. The van der Waals surface area contributed by atoms with Gasteiger partial charge in [-0.3, -0.25) is 14.9 Å². The Balaban J connectivity index is 1.39. The van der Waals surface area contributed by atoms with Crippen LogP contribution in [-0.2, 0) is 19.4 Å². The second-order valence-electron chi connectivity index (χ2n) is 7.81. The van der Waals surface area contributed by atoms with Crippen LogP contribution in [0, 0.1) is 13.8 Å². The fourth-order valence-electron chi connectivity index (χ4n) is 3.45. The largest absolute Gasteiger partial charge is 0.312 e. The highest BCUT2D eigenvalue weighted by Crippen LogP contribution is 2.34. The molecule has 32 heavy (non-hydrogen) atoms. The molecule has 8 nitrogen and oxygen atoms in total. The molecule has 4 rings (SSSR count). The molecule has 10 heteroatoms. The number of hydrogen-bond acceptors (Lipinski definition) is 7. The van der Waals surface area contributed by atoms with E-state index in [-0.39, 0.29) is 21.9 Å². The number of aryl methyl sites for hydroxylation is 2. The van der Waals surface area contributed by atoms with Crippen LogP contribution in [0.5, 0.6) is 0 Å². The van der Waals surface area contributed by atoms with E-state index < -0.39 is 21.5 Å². The first-order valence-electron chi connectivity index (χ1n) is 10.0. The van der Waals surface area contributed by atoms with E-state index in [0.29, 0.717) is 18.0 Å². The van der Waals surface area contributed by atoms with Gasteiger partial charge in [0, 0.05) is 24.6 Å². The van der Waals surface area contributed by atoms with Crippen LogP contribution in [0.4, 0.5) is 10.8 Å². The average Bonchev–Trinajstić information content (AvgIpc) is 3.35. The molecule has 1 aromatic heterocycles. The standard InChI is InChI=1S/C22H22N4O4S2/c1-14-3-7-17(8-4-14)26-12-16(11-20(26)28)21-24-25-22(31-21)23-19(27)13-32(29,30)18-9-5-15(2)6-10-18/h3-10,16H,11-13H2,1-2H3,(H,23,25,27)/t16-/m1/s1. The Hall–Kier alpha value is -3.11. The zero-order valence-corrected chi connectivity index (χ0v) is 19.2. The van der Waals surface area contributed by atoms with Gasteiger partial charge < -0.3 is 4.90 Å². The summed E-state index contributed by atoms with van der Waals surface area (Å²) in [5, 5.41) is 11.4. The van der Waals surface area contributed by atoms with Crippen molar-refractivity contribution in [2.24, 2.45) is 0 Å². The Labute approximate surface area is 190 Å². The van der Waals surface area contributed by atoms with Crippen LogP contribution in [0.15, 0.2) is 53.4 Å². The molecule has 1 aliphatic heterocycles. The van der Waals surface area contributed by atoms with Crippen LogP contribution in [0.2, 0.25) is 0 Å². The molecule has 0 spiro atoms. The Kier molecular flexibility index (Phi) is 6.07. The van der Waals surface area contributed by atoms with E-state index in [9.17, 15) is 18.0 Å². The third-order valence-corrected chi connectivity index (χ3v) is 7.84.